The molecule has 4 aliphatic rings. The number of nitrogens with zero attached hydrogens (tertiary/aromatic N) is 4. The summed E-state index contributed by atoms with van der Waals surface area (Å²) in [5.41, 5.74) is 0.134. The number of sulfonamides is 1. The predicted molar refractivity (Wildman–Crippen MR) is 252 cm³/mol. The Balaban J connectivity index is 1.08. The van der Waals surface area contributed by atoms with Crippen LogP contribution >= 0.6 is 11.3 Å². The quantitative estimate of drug-likeness (QED) is 0.115. The molecule has 358 valence electrons. The van der Waals surface area contributed by atoms with Crippen molar-refractivity contribution in [2.75, 3.05) is 25.5 Å². The number of carbonyl (C=O) groups is 4. The highest BCUT2D eigenvalue weighted by Crippen LogP contribution is 2.46. The molecule has 3 amide bonds. The van der Waals surface area contributed by atoms with E-state index in [1.807, 2.05) is 58.2 Å². The second-order valence-electron chi connectivity index (χ2n) is 19.2. The highest BCUT2D eigenvalue weighted by atomic mass is 32.2. The van der Waals surface area contributed by atoms with Crippen molar-refractivity contribution in [3.8, 4) is 22.9 Å². The number of fused-ring (bicyclic) bond motifs is 4. The first-order valence-electron chi connectivity index (χ1n) is 22.8. The van der Waals surface area contributed by atoms with Crippen LogP contribution in [0.3, 0.4) is 0 Å². The SMILES string of the molecule is COc1ccc2c(O[C@@H]3C[C@H]4C(=O)N[C@]5(C(=O)O)CC5/C=C\CCCCC[C@H](NC(=O)O[C@H](CN5Cc6ccccc6S5(=O)=O)C(C)(C)C)C(=O)N4C3)cc(-c3csc(NC(C)C)n3)nc2c1. The van der Waals surface area contributed by atoms with E-state index >= 15 is 0 Å². The Hall–Kier alpha value is -5.79. The summed E-state index contributed by atoms with van der Waals surface area (Å²) in [6.07, 6.45) is 4.33. The van der Waals surface area contributed by atoms with Gasteiger partial charge in [-0.05, 0) is 63.3 Å². The number of methoxy groups -OCH3 is 1. The van der Waals surface area contributed by atoms with Crippen LogP contribution in [-0.4, -0.2) is 113 Å². The molecule has 0 spiro atoms. The van der Waals surface area contributed by atoms with Crippen molar-refractivity contribution in [3.05, 3.63) is 71.6 Å². The number of hydrogen-bond donors (Lipinski definition) is 4. The maximum Gasteiger partial charge on any atom is 0.408 e. The fourth-order valence-corrected chi connectivity index (χ4v) is 11.5. The van der Waals surface area contributed by atoms with Crippen molar-refractivity contribution in [2.45, 2.75) is 127 Å². The minimum absolute atomic E-state index is 0.0121. The van der Waals surface area contributed by atoms with E-state index < -0.39 is 75.1 Å². The Labute approximate surface area is 394 Å². The third kappa shape index (κ3) is 10.2. The third-order valence-electron chi connectivity index (χ3n) is 12.9. The van der Waals surface area contributed by atoms with Gasteiger partial charge in [-0.1, -0.05) is 64.0 Å². The van der Waals surface area contributed by atoms with Crippen molar-refractivity contribution < 1.29 is 46.9 Å². The number of amides is 3. The molecule has 19 heteroatoms. The number of rotatable bonds is 11. The van der Waals surface area contributed by atoms with Crippen LogP contribution in [0.2, 0.25) is 0 Å². The van der Waals surface area contributed by atoms with Crippen LogP contribution in [-0.2, 0) is 35.7 Å². The number of carbonyl (C=O) groups excluding carboxylic acids is 3. The molecule has 5 heterocycles. The first-order chi connectivity index (χ1) is 31.9. The zero-order valence-corrected chi connectivity index (χ0v) is 40.2. The third-order valence-corrected chi connectivity index (χ3v) is 15.6. The number of alkyl carbamates (subject to hydrolysis) is 1. The molecule has 1 aliphatic carbocycles. The van der Waals surface area contributed by atoms with E-state index in [2.05, 4.69) is 16.0 Å². The van der Waals surface area contributed by atoms with Gasteiger partial charge in [0, 0.05) is 53.2 Å². The van der Waals surface area contributed by atoms with E-state index in [0.29, 0.717) is 58.6 Å². The summed E-state index contributed by atoms with van der Waals surface area (Å²) in [6.45, 7) is 9.52. The molecule has 17 nitrogen and oxygen atoms in total. The van der Waals surface area contributed by atoms with Gasteiger partial charge in [-0.25, -0.2) is 28.0 Å². The van der Waals surface area contributed by atoms with Crippen LogP contribution in [0.25, 0.3) is 22.3 Å². The Kier molecular flexibility index (Phi) is 13.6. The number of carboxylic acid groups (broad SMARTS) is 1. The molecule has 0 bridgehead atoms. The molecule has 1 saturated heterocycles. The lowest BCUT2D eigenvalue weighted by Gasteiger charge is -2.34. The number of anilines is 1. The van der Waals surface area contributed by atoms with Gasteiger partial charge in [0.2, 0.25) is 21.8 Å². The maximum atomic E-state index is 15.0. The van der Waals surface area contributed by atoms with E-state index in [1.54, 1.807) is 49.6 Å². The van der Waals surface area contributed by atoms with Crippen LogP contribution in [0, 0.1) is 11.3 Å². The molecule has 8 rings (SSSR count). The monoisotopic (exact) mass is 957 g/mol. The van der Waals surface area contributed by atoms with Gasteiger partial charge in [0.1, 0.15) is 47.0 Å². The van der Waals surface area contributed by atoms with Gasteiger partial charge in [-0.2, -0.15) is 4.31 Å². The number of allylic oxidation sites excluding steroid dienone is 1. The number of hydrogen-bond acceptors (Lipinski definition) is 13. The van der Waals surface area contributed by atoms with Gasteiger partial charge in [0.25, 0.3) is 0 Å². The Morgan fingerprint density at radius 2 is 1.85 bits per heavy atom. The maximum absolute atomic E-state index is 15.0. The molecule has 4 N–H and O–H groups in total. The Morgan fingerprint density at radius 1 is 1.06 bits per heavy atom. The summed E-state index contributed by atoms with van der Waals surface area (Å²) in [4.78, 5) is 67.5. The highest BCUT2D eigenvalue weighted by molar-refractivity contribution is 7.89. The minimum atomic E-state index is -3.84. The number of carboxylic acids is 1. The van der Waals surface area contributed by atoms with E-state index in [9.17, 15) is 32.7 Å². The number of aliphatic carboxylic acids is 1. The molecular formula is C48H59N7O10S2. The summed E-state index contributed by atoms with van der Waals surface area (Å²) >= 11 is 1.44. The highest BCUT2D eigenvalue weighted by Gasteiger charge is 2.61. The standard InChI is InChI=1S/C48H59N7O10S2/c1-28(2)49-45-51-37(27-66-45)36-22-39(33-19-18-31(63-6)20-35(33)50-36)64-32-21-38-42(56)53-48(44(58)59)23-30(48)15-10-8-7-9-11-16-34(43(57)55(38)25-32)52-46(60)65-41(47(3,4)5)26-54-24-29-14-12-13-17-40(29)67(54,61)62/h10,12-15,17-20,22,27-28,30,32,34,38,41H,7-9,11,16,21,23-26H2,1-6H3,(H,49,51)(H,52,60)(H,53,56)(H,58,59)/b15-10-/t30?,32-,34+,38+,41-,48-/m1/s1. The smallest absolute Gasteiger partial charge is 0.408 e. The van der Waals surface area contributed by atoms with Crippen LogP contribution in [0.4, 0.5) is 9.93 Å². The lowest BCUT2D eigenvalue weighted by atomic mass is 9.89. The number of benzene rings is 2. The molecule has 6 atom stereocenters. The second kappa shape index (κ2) is 19.1. The molecule has 0 radical (unpaired) electrons. The fourth-order valence-electron chi connectivity index (χ4n) is 9.00. The second-order valence-corrected chi connectivity index (χ2v) is 22.0. The van der Waals surface area contributed by atoms with Crippen molar-refractivity contribution >= 4 is 61.3 Å². The van der Waals surface area contributed by atoms with Crippen molar-refractivity contribution in [3.63, 3.8) is 0 Å². The van der Waals surface area contributed by atoms with Crippen molar-refractivity contribution in [2.24, 2.45) is 11.3 Å². The topological polar surface area (TPSA) is 219 Å². The minimum Gasteiger partial charge on any atom is -0.497 e. The molecule has 67 heavy (non-hydrogen) atoms. The molecule has 2 aromatic carbocycles. The van der Waals surface area contributed by atoms with Crippen LogP contribution in [0.15, 0.2) is 71.0 Å². The normalized spacial score (nSPS) is 25.1. The summed E-state index contributed by atoms with van der Waals surface area (Å²) in [7, 11) is -2.27. The molecule has 3 aliphatic heterocycles. The molecule has 2 fully saturated rings. The number of pyridine rings is 1. The van der Waals surface area contributed by atoms with Gasteiger partial charge >= 0.3 is 12.1 Å². The van der Waals surface area contributed by atoms with Gasteiger partial charge in [-0.15, -0.1) is 11.3 Å². The molecule has 4 aromatic rings. The summed E-state index contributed by atoms with van der Waals surface area (Å²) < 4.78 is 46.7. The van der Waals surface area contributed by atoms with Gasteiger partial charge in [0.05, 0.1) is 36.3 Å². The molecule has 1 saturated carbocycles. The number of nitrogens with one attached hydrogen (secondary N) is 3. The fraction of sp³-hybridized carbons (Fsp3) is 0.500. The zero-order valence-electron chi connectivity index (χ0n) is 38.6. The number of ether oxygens (including phenoxy) is 3. The first-order valence-corrected chi connectivity index (χ1v) is 25.1. The molecule has 2 aromatic heterocycles. The summed E-state index contributed by atoms with van der Waals surface area (Å²) in [5, 5.41) is 22.6. The summed E-state index contributed by atoms with van der Waals surface area (Å²) in [6, 6.07) is 11.8. The predicted octanol–water partition coefficient (Wildman–Crippen LogP) is 6.73. The Bertz CT molecular complexity index is 2680. The molecule has 1 unspecified atom stereocenters. The number of thiazole rings is 1. The van der Waals surface area contributed by atoms with E-state index in [4.69, 9.17) is 24.2 Å². The lowest BCUT2D eigenvalue weighted by Crippen LogP contribution is -2.56. The number of aromatic nitrogens is 2. The summed E-state index contributed by atoms with van der Waals surface area (Å²) in [5.74, 6) is -1.77. The van der Waals surface area contributed by atoms with Crippen LogP contribution in [0.1, 0.15) is 85.1 Å². The largest absolute Gasteiger partial charge is 0.497 e. The van der Waals surface area contributed by atoms with Crippen molar-refractivity contribution in [1.82, 2.24) is 29.8 Å². The van der Waals surface area contributed by atoms with Crippen LogP contribution < -0.4 is 25.4 Å². The van der Waals surface area contributed by atoms with E-state index in [1.165, 1.54) is 20.5 Å². The average molecular weight is 958 g/mol. The van der Waals surface area contributed by atoms with Gasteiger partial charge in [-0.3, -0.25) is 9.59 Å². The average Bonchev–Trinajstić information content (AvgIpc) is 3.51. The van der Waals surface area contributed by atoms with Gasteiger partial charge in [0.15, 0.2) is 5.13 Å². The van der Waals surface area contributed by atoms with Crippen molar-refractivity contribution in [1.29, 1.82) is 0 Å². The lowest BCUT2D eigenvalue weighted by molar-refractivity contribution is -0.145. The first kappa shape index (κ1) is 47.7. The Morgan fingerprint density at radius 3 is 2.58 bits per heavy atom. The van der Waals surface area contributed by atoms with Gasteiger partial charge < -0.3 is 40.2 Å². The molecular weight excluding hydrogens is 899 g/mol. The zero-order chi connectivity index (χ0) is 47.8. The van der Waals surface area contributed by atoms with Crippen LogP contribution in [0.5, 0.6) is 11.5 Å². The van der Waals surface area contributed by atoms with E-state index in [0.717, 1.165) is 11.6 Å². The van der Waals surface area contributed by atoms with E-state index in [-0.39, 0.29) is 49.8 Å².